The van der Waals surface area contributed by atoms with Gasteiger partial charge >= 0.3 is 0 Å². The quantitative estimate of drug-likeness (QED) is 0.0790. The lowest BCUT2D eigenvalue weighted by molar-refractivity contribution is 0.346. The third-order valence-electron chi connectivity index (χ3n) is 27.3. The summed E-state index contributed by atoms with van der Waals surface area (Å²) < 4.78 is 4.73. The highest BCUT2D eigenvalue weighted by Gasteiger charge is 2.36. The van der Waals surface area contributed by atoms with Crippen molar-refractivity contribution in [2.75, 3.05) is 9.80 Å². The molecule has 0 saturated heterocycles. The molecule has 0 amide bonds. The van der Waals surface area contributed by atoms with Crippen LogP contribution >= 0.6 is 0 Å². The summed E-state index contributed by atoms with van der Waals surface area (Å²) in [6.45, 7) is 8.59. The van der Waals surface area contributed by atoms with Crippen LogP contribution in [0.5, 0.6) is 0 Å². The number of hydrogen-bond donors (Lipinski definition) is 0. The molecular formula is C130H102N10. The second-order valence-electron chi connectivity index (χ2n) is 36.5. The lowest BCUT2D eigenvalue weighted by atomic mass is 9.65. The predicted octanol–water partition coefficient (Wildman–Crippen LogP) is 34.1. The normalized spacial score (nSPS) is 12.2. The van der Waals surface area contributed by atoms with Gasteiger partial charge in [0.2, 0.25) is 0 Å². The van der Waals surface area contributed by atoms with E-state index in [4.69, 9.17) is 15.0 Å². The van der Waals surface area contributed by atoms with Gasteiger partial charge in [0.1, 0.15) is 0 Å². The van der Waals surface area contributed by atoms with Crippen LogP contribution in [-0.4, -0.2) is 39.0 Å². The number of aryl methyl sites for hydroxylation is 4. The molecule has 140 heavy (non-hydrogen) atoms. The highest BCUT2D eigenvalue weighted by molar-refractivity contribution is 6.12. The molecule has 1 aliphatic rings. The third-order valence-corrected chi connectivity index (χ3v) is 27.3. The maximum Gasteiger partial charge on any atom is 0.164 e. The first-order valence-electron chi connectivity index (χ1n) is 48.3. The molecule has 10 heteroatoms. The van der Waals surface area contributed by atoms with Gasteiger partial charge in [0.15, 0.2) is 17.5 Å². The van der Waals surface area contributed by atoms with Gasteiger partial charge in [-0.2, -0.15) is 0 Å². The number of para-hydroxylation sites is 3. The van der Waals surface area contributed by atoms with Gasteiger partial charge in [0.05, 0.1) is 22.1 Å². The van der Waals surface area contributed by atoms with Gasteiger partial charge in [0, 0.05) is 143 Å². The Labute approximate surface area is 818 Å². The van der Waals surface area contributed by atoms with Crippen LogP contribution in [0.2, 0.25) is 0 Å². The minimum atomic E-state index is 0.00636. The Balaban J connectivity index is 0.000000121. The Kier molecular flexibility index (Phi) is 24.7. The summed E-state index contributed by atoms with van der Waals surface area (Å²) >= 11 is 0. The minimum Gasteiger partial charge on any atom is -0.311 e. The zero-order valence-electron chi connectivity index (χ0n) is 78.7. The van der Waals surface area contributed by atoms with Crippen molar-refractivity contribution < 1.29 is 0 Å². The number of anilines is 6. The third kappa shape index (κ3) is 18.3. The number of benzene rings is 17. The van der Waals surface area contributed by atoms with Crippen molar-refractivity contribution in [1.29, 1.82) is 0 Å². The Morgan fingerprint density at radius 1 is 0.207 bits per heavy atom. The summed E-state index contributed by atoms with van der Waals surface area (Å²) in [6, 6.07) is 161. The number of aromatic nitrogens is 8. The van der Waals surface area contributed by atoms with Crippen molar-refractivity contribution in [2.24, 2.45) is 0 Å². The number of pyridine rings is 3. The molecule has 0 N–H and O–H groups in total. The molecule has 10 nitrogen and oxygen atoms in total. The minimum absolute atomic E-state index is 0.00636. The SMILES string of the molecule is Cc1ccc(N(c2ccc(C)cc2)c2ccc(C3(c4ccc(N(c5ccc(C)cc5)c5ccc(C)cc5)cc4)CCCCC3)cc2)cc1.c1ccc(-c2nc(-c3ccccc3)nc(-c3ccc(-n4c5ccccc5c5cc(-n6c7ccccc7c7ccccc76)ccc54)cc3)n2)cc1.c1cncc(-c2cccc(-c3cc(-c4cccc(-c5cccnc5)c4)cc(-c4cccc(-c5cccnc5)c4)c3)c2)c1. The summed E-state index contributed by atoms with van der Waals surface area (Å²) in [6.07, 6.45) is 17.3. The maximum atomic E-state index is 4.94. The van der Waals surface area contributed by atoms with Crippen LogP contribution in [0.4, 0.5) is 34.1 Å². The topological polar surface area (TPSA) is 93.7 Å². The standard InChI is InChI=1S/C46H46N2.C45H29N5.C39H27N3/c1-34-8-20-40(21-9-34)47(41-22-10-35(2)11-23-41)44-28-16-38(17-29-44)46(32-6-5-7-33-46)39-18-30-45(31-19-39)48(42-24-12-36(3)13-25-42)43-26-14-37(4)15-27-43;1-3-13-30(14-4-1)43-46-44(31-15-5-2-6-16-31)48-45(47-43)32-23-25-33(26-24-32)49-41-22-12-9-19-37(41)38-29-34(27-28-42(38)49)50-39-20-10-7-17-35(39)36-18-8-11-21-40(36)50;1-7-28(34-13-4-16-40-25-34)19-31(10-1)37-22-38(32-11-2-8-29(20-32)35-14-5-17-41-26-35)24-39(23-37)33-12-3-9-30(21-33)36-15-6-18-42-27-36/h8-31H,5-7,32-33H2,1-4H3;1-29H;1-27H. The largest absolute Gasteiger partial charge is 0.311 e. The fourth-order valence-electron chi connectivity index (χ4n) is 20.1. The Morgan fingerprint density at radius 2 is 0.479 bits per heavy atom. The van der Waals surface area contributed by atoms with E-state index < -0.39 is 0 Å². The molecule has 0 spiro atoms. The zero-order valence-corrected chi connectivity index (χ0v) is 78.7. The second-order valence-corrected chi connectivity index (χ2v) is 36.5. The van der Waals surface area contributed by atoms with Crippen LogP contribution in [-0.2, 0) is 5.41 Å². The van der Waals surface area contributed by atoms with Gasteiger partial charge in [-0.15, -0.1) is 0 Å². The number of rotatable bonds is 19. The van der Waals surface area contributed by atoms with Crippen LogP contribution < -0.4 is 9.80 Å². The molecule has 672 valence electrons. The Hall–Kier alpha value is -17.6. The number of fused-ring (bicyclic) bond motifs is 6. The van der Waals surface area contributed by atoms with Crippen molar-refractivity contribution >= 4 is 77.7 Å². The van der Waals surface area contributed by atoms with E-state index in [0.717, 1.165) is 106 Å². The summed E-state index contributed by atoms with van der Waals surface area (Å²) in [4.78, 5) is 32.5. The molecule has 23 aromatic rings. The first-order chi connectivity index (χ1) is 69.0. The van der Waals surface area contributed by atoms with Crippen molar-refractivity contribution in [3.8, 4) is 112 Å². The van der Waals surface area contributed by atoms with Crippen molar-refractivity contribution in [1.82, 2.24) is 39.0 Å². The molecular weight excluding hydrogens is 1700 g/mol. The molecule has 0 bridgehead atoms. The van der Waals surface area contributed by atoms with E-state index in [2.05, 4.69) is 432 Å². The van der Waals surface area contributed by atoms with Gasteiger partial charge in [-0.3, -0.25) is 15.0 Å². The molecule has 17 aromatic carbocycles. The second kappa shape index (κ2) is 39.4. The van der Waals surface area contributed by atoms with Crippen LogP contribution in [0.25, 0.3) is 156 Å². The molecule has 6 heterocycles. The smallest absolute Gasteiger partial charge is 0.164 e. The number of hydrogen-bond acceptors (Lipinski definition) is 8. The summed E-state index contributed by atoms with van der Waals surface area (Å²) in [7, 11) is 0. The first kappa shape index (κ1) is 87.7. The first-order valence-corrected chi connectivity index (χ1v) is 48.3. The molecule has 0 aliphatic heterocycles. The van der Waals surface area contributed by atoms with E-state index in [1.165, 1.54) is 132 Å². The highest BCUT2D eigenvalue weighted by Crippen LogP contribution is 2.49. The van der Waals surface area contributed by atoms with Crippen LogP contribution in [0.15, 0.2) is 486 Å². The van der Waals surface area contributed by atoms with E-state index in [9.17, 15) is 0 Å². The fraction of sp³-hybridized carbons (Fsp3) is 0.0769. The van der Waals surface area contributed by atoms with E-state index in [-0.39, 0.29) is 5.41 Å². The maximum absolute atomic E-state index is 4.94. The fourth-order valence-corrected chi connectivity index (χ4v) is 20.1. The molecule has 1 fully saturated rings. The van der Waals surface area contributed by atoms with Crippen LogP contribution in [0.3, 0.4) is 0 Å². The van der Waals surface area contributed by atoms with Gasteiger partial charge in [-0.05, 0) is 290 Å². The average Bonchev–Trinajstić information content (AvgIpc) is 1.55. The molecule has 24 rings (SSSR count). The summed E-state index contributed by atoms with van der Waals surface area (Å²) in [5.41, 5.74) is 38.4. The highest BCUT2D eigenvalue weighted by atomic mass is 15.1. The van der Waals surface area contributed by atoms with E-state index in [1.807, 2.05) is 116 Å². The van der Waals surface area contributed by atoms with E-state index >= 15 is 0 Å². The lowest BCUT2D eigenvalue weighted by Gasteiger charge is -2.39. The van der Waals surface area contributed by atoms with E-state index in [0.29, 0.717) is 17.5 Å². The average molecular weight is 1800 g/mol. The van der Waals surface area contributed by atoms with Crippen molar-refractivity contribution in [3.63, 3.8) is 0 Å². The van der Waals surface area contributed by atoms with Gasteiger partial charge in [-0.25, -0.2) is 15.0 Å². The summed E-state index contributed by atoms with van der Waals surface area (Å²) in [5.74, 6) is 1.95. The molecule has 1 aliphatic carbocycles. The van der Waals surface area contributed by atoms with Gasteiger partial charge in [-0.1, -0.05) is 302 Å². The molecule has 0 radical (unpaired) electrons. The van der Waals surface area contributed by atoms with Gasteiger partial charge < -0.3 is 18.9 Å². The lowest BCUT2D eigenvalue weighted by Crippen LogP contribution is -2.30. The number of nitrogens with zero attached hydrogens (tertiary/aromatic N) is 10. The Morgan fingerprint density at radius 3 is 0.821 bits per heavy atom. The van der Waals surface area contributed by atoms with Crippen LogP contribution in [0, 0.1) is 27.7 Å². The Bertz CT molecular complexity index is 7710. The molecule has 0 unspecified atom stereocenters. The van der Waals surface area contributed by atoms with Gasteiger partial charge in [0.25, 0.3) is 0 Å². The summed E-state index contributed by atoms with van der Waals surface area (Å²) in [5, 5.41) is 4.94. The predicted molar refractivity (Wildman–Crippen MR) is 582 cm³/mol. The van der Waals surface area contributed by atoms with Crippen molar-refractivity contribution in [2.45, 2.75) is 65.2 Å². The monoisotopic (exact) mass is 1800 g/mol. The molecule has 1 saturated carbocycles. The van der Waals surface area contributed by atoms with Crippen LogP contribution in [0.1, 0.15) is 65.5 Å². The zero-order chi connectivity index (χ0) is 94.3. The van der Waals surface area contributed by atoms with Crippen molar-refractivity contribution in [3.05, 3.63) is 519 Å². The molecule has 6 aromatic heterocycles. The van der Waals surface area contributed by atoms with E-state index in [1.54, 1.807) is 0 Å². The molecule has 0 atom stereocenters.